The van der Waals surface area contributed by atoms with Crippen molar-refractivity contribution in [3.63, 3.8) is 0 Å². The van der Waals surface area contributed by atoms with Crippen molar-refractivity contribution in [2.45, 2.75) is 19.3 Å². The molecule has 0 nitrogen and oxygen atoms in total. The largest absolute Gasteiger partial charge is 0.0616 e. The molecule has 0 amide bonds. The number of hydrogen-bond acceptors (Lipinski definition) is 0. The van der Waals surface area contributed by atoms with Gasteiger partial charge in [0, 0.05) is 5.41 Å². The van der Waals surface area contributed by atoms with Crippen molar-refractivity contribution in [3.8, 4) is 44.5 Å². The minimum Gasteiger partial charge on any atom is -0.0616 e. The molecule has 0 saturated carbocycles. The van der Waals surface area contributed by atoms with E-state index in [1.54, 1.807) is 0 Å². The lowest BCUT2D eigenvalue weighted by Crippen LogP contribution is -2.14. The van der Waals surface area contributed by atoms with E-state index in [2.05, 4.69) is 196 Å². The lowest BCUT2D eigenvalue weighted by Gasteiger charge is -2.22. The minimum absolute atomic E-state index is 0.0314. The van der Waals surface area contributed by atoms with Gasteiger partial charge in [0.15, 0.2) is 0 Å². The molecule has 0 aliphatic heterocycles. The first kappa shape index (κ1) is 30.2. The zero-order valence-electron chi connectivity index (χ0n) is 29.8. The van der Waals surface area contributed by atoms with Crippen LogP contribution in [0, 0.1) is 0 Å². The Morgan fingerprint density at radius 3 is 1.58 bits per heavy atom. The Hall–Kier alpha value is -6.50. The minimum atomic E-state index is -0.0314. The third-order valence-corrected chi connectivity index (χ3v) is 12.0. The van der Waals surface area contributed by atoms with Gasteiger partial charge in [-0.05, 0) is 152 Å². The molecule has 0 heteroatoms. The summed E-state index contributed by atoms with van der Waals surface area (Å²) >= 11 is 0. The summed E-state index contributed by atoms with van der Waals surface area (Å²) in [4.78, 5) is 0. The van der Waals surface area contributed by atoms with Crippen LogP contribution >= 0.6 is 0 Å². The summed E-state index contributed by atoms with van der Waals surface area (Å²) in [5.74, 6) is 0. The van der Waals surface area contributed by atoms with Crippen LogP contribution in [0.15, 0.2) is 182 Å². The van der Waals surface area contributed by atoms with E-state index in [0.29, 0.717) is 0 Å². The molecule has 0 bridgehead atoms. The molecular formula is C53H36. The highest BCUT2D eigenvalue weighted by molar-refractivity contribution is 6.23. The van der Waals surface area contributed by atoms with Crippen LogP contribution in [-0.2, 0) is 5.41 Å². The molecule has 0 unspecified atom stereocenters. The van der Waals surface area contributed by atoms with Gasteiger partial charge in [0.1, 0.15) is 0 Å². The average Bonchev–Trinajstić information content (AvgIpc) is 3.43. The Kier molecular flexibility index (Phi) is 6.40. The van der Waals surface area contributed by atoms with Crippen molar-refractivity contribution in [1.29, 1.82) is 0 Å². The summed E-state index contributed by atoms with van der Waals surface area (Å²) in [7, 11) is 0. The van der Waals surface area contributed by atoms with Crippen molar-refractivity contribution < 1.29 is 0 Å². The molecule has 248 valence electrons. The van der Waals surface area contributed by atoms with E-state index in [-0.39, 0.29) is 5.41 Å². The Morgan fingerprint density at radius 2 is 0.792 bits per heavy atom. The molecule has 0 radical (unpaired) electrons. The van der Waals surface area contributed by atoms with Gasteiger partial charge in [-0.15, -0.1) is 0 Å². The molecule has 53 heavy (non-hydrogen) atoms. The van der Waals surface area contributed by atoms with Gasteiger partial charge in [0.05, 0.1) is 0 Å². The summed E-state index contributed by atoms with van der Waals surface area (Å²) in [6.45, 7) is 4.72. The fraction of sp³-hybridized carbons (Fsp3) is 0.0566. The van der Waals surface area contributed by atoms with Crippen LogP contribution in [0.1, 0.15) is 25.0 Å². The quantitative estimate of drug-likeness (QED) is 0.164. The Morgan fingerprint density at radius 1 is 0.283 bits per heavy atom. The van der Waals surface area contributed by atoms with Crippen LogP contribution in [0.2, 0.25) is 0 Å². The monoisotopic (exact) mass is 672 g/mol. The van der Waals surface area contributed by atoms with Crippen molar-refractivity contribution >= 4 is 53.9 Å². The van der Waals surface area contributed by atoms with Gasteiger partial charge >= 0.3 is 0 Å². The maximum atomic E-state index is 2.41. The molecule has 0 heterocycles. The SMILES string of the molecule is CC1(C)c2ccc(-c3cccc(-c4ccc5cc(-c6cc7ccc8ccccc8c7c7ccccc67)ccc5c4)c3)cc2-c2cc3ccccc3cc21. The second-order valence-corrected chi connectivity index (χ2v) is 15.3. The molecule has 0 spiro atoms. The van der Waals surface area contributed by atoms with Gasteiger partial charge in [-0.25, -0.2) is 0 Å². The smallest absolute Gasteiger partial charge is 0.0159 e. The van der Waals surface area contributed by atoms with Gasteiger partial charge in [0.25, 0.3) is 0 Å². The Bertz CT molecular complexity index is 3140. The van der Waals surface area contributed by atoms with Gasteiger partial charge in [-0.3, -0.25) is 0 Å². The molecule has 10 aromatic rings. The molecule has 1 aliphatic rings. The lowest BCUT2D eigenvalue weighted by atomic mass is 9.81. The van der Waals surface area contributed by atoms with E-state index in [1.807, 2.05) is 0 Å². The van der Waals surface area contributed by atoms with Gasteiger partial charge in [-0.2, -0.15) is 0 Å². The zero-order valence-corrected chi connectivity index (χ0v) is 29.8. The predicted molar refractivity (Wildman–Crippen MR) is 228 cm³/mol. The molecule has 10 aromatic carbocycles. The summed E-state index contributed by atoms with van der Waals surface area (Å²) in [6, 6.07) is 68.0. The topological polar surface area (TPSA) is 0 Å². The second-order valence-electron chi connectivity index (χ2n) is 15.3. The van der Waals surface area contributed by atoms with Crippen LogP contribution in [0.25, 0.3) is 98.4 Å². The van der Waals surface area contributed by atoms with Crippen molar-refractivity contribution in [2.24, 2.45) is 0 Å². The summed E-state index contributed by atoms with van der Waals surface area (Å²) < 4.78 is 0. The van der Waals surface area contributed by atoms with Gasteiger partial charge in [0.2, 0.25) is 0 Å². The normalized spacial score (nSPS) is 13.2. The standard InChI is InChI=1S/C53H36/c1-53(2)50-25-24-41(30-48(50)49-29-36-11-3-4-12-37(36)32-51(49)53)35-14-9-13-34(26-35)38-19-20-40-28-42(22-21-39(40)27-38)47-31-43-23-18-33-10-5-6-15-44(33)52(43)46-17-8-7-16-45(46)47/h3-32H,1-2H3. The molecule has 0 N–H and O–H groups in total. The zero-order chi connectivity index (χ0) is 35.3. The summed E-state index contributed by atoms with van der Waals surface area (Å²) in [5.41, 5.74) is 13.0. The number of rotatable bonds is 3. The van der Waals surface area contributed by atoms with E-state index >= 15 is 0 Å². The molecule has 0 saturated heterocycles. The maximum absolute atomic E-state index is 2.41. The highest BCUT2D eigenvalue weighted by Crippen LogP contribution is 2.51. The molecule has 0 aromatic heterocycles. The first-order chi connectivity index (χ1) is 26.0. The first-order valence-electron chi connectivity index (χ1n) is 18.7. The van der Waals surface area contributed by atoms with E-state index in [4.69, 9.17) is 0 Å². The molecule has 0 fully saturated rings. The highest BCUT2D eigenvalue weighted by atomic mass is 14.4. The van der Waals surface area contributed by atoms with Crippen LogP contribution in [-0.4, -0.2) is 0 Å². The van der Waals surface area contributed by atoms with Crippen LogP contribution < -0.4 is 0 Å². The van der Waals surface area contributed by atoms with Crippen LogP contribution in [0.5, 0.6) is 0 Å². The van der Waals surface area contributed by atoms with E-state index < -0.39 is 0 Å². The Labute approximate surface area is 309 Å². The maximum Gasteiger partial charge on any atom is 0.0159 e. The molecular weight excluding hydrogens is 637 g/mol. The van der Waals surface area contributed by atoms with E-state index in [0.717, 1.165) is 0 Å². The van der Waals surface area contributed by atoms with Crippen molar-refractivity contribution in [3.05, 3.63) is 193 Å². The fourth-order valence-electron chi connectivity index (χ4n) is 9.21. The van der Waals surface area contributed by atoms with Crippen molar-refractivity contribution in [1.82, 2.24) is 0 Å². The Balaban J connectivity index is 0.968. The number of benzene rings is 10. The number of fused-ring (bicyclic) bond motifs is 10. The predicted octanol–water partition coefficient (Wildman–Crippen LogP) is 14.8. The molecule has 11 rings (SSSR count). The lowest BCUT2D eigenvalue weighted by molar-refractivity contribution is 0.661. The van der Waals surface area contributed by atoms with Crippen LogP contribution in [0.4, 0.5) is 0 Å². The first-order valence-corrected chi connectivity index (χ1v) is 18.7. The van der Waals surface area contributed by atoms with Gasteiger partial charge < -0.3 is 0 Å². The molecule has 1 aliphatic carbocycles. The van der Waals surface area contributed by atoms with E-state index in [1.165, 1.54) is 109 Å². The second kappa shape index (κ2) is 11.2. The summed E-state index contributed by atoms with van der Waals surface area (Å²) in [5, 5.41) is 12.9. The summed E-state index contributed by atoms with van der Waals surface area (Å²) in [6.07, 6.45) is 0. The highest BCUT2D eigenvalue weighted by Gasteiger charge is 2.35. The average molecular weight is 673 g/mol. The third-order valence-electron chi connectivity index (χ3n) is 12.0. The van der Waals surface area contributed by atoms with Crippen molar-refractivity contribution in [2.75, 3.05) is 0 Å². The number of hydrogen-bond donors (Lipinski definition) is 0. The molecule has 0 atom stereocenters. The van der Waals surface area contributed by atoms with Crippen LogP contribution in [0.3, 0.4) is 0 Å². The van der Waals surface area contributed by atoms with Gasteiger partial charge in [-0.1, -0.05) is 153 Å². The third kappa shape index (κ3) is 4.62. The fourth-order valence-corrected chi connectivity index (χ4v) is 9.21. The van der Waals surface area contributed by atoms with E-state index in [9.17, 15) is 0 Å².